The number of hydrogen-bond donors (Lipinski definition) is 2. The summed E-state index contributed by atoms with van der Waals surface area (Å²) in [7, 11) is 0. The molecule has 1 aliphatic carbocycles. The van der Waals surface area contributed by atoms with Crippen LogP contribution in [0.1, 0.15) is 21.6 Å². The Kier molecular flexibility index (Phi) is 1.74. The highest BCUT2D eigenvalue weighted by Gasteiger charge is 2.17. The minimum atomic E-state index is -0.927. The normalized spacial score (nSPS) is 13.0. The van der Waals surface area contributed by atoms with Gasteiger partial charge in [-0.1, -0.05) is 36.4 Å². The highest BCUT2D eigenvalue weighted by molar-refractivity contribution is 6.05. The third kappa shape index (κ3) is 1.11. The average Bonchev–Trinajstić information content (AvgIpc) is 2.50. The van der Waals surface area contributed by atoms with Crippen molar-refractivity contribution in [3.05, 3.63) is 47.2 Å². The van der Waals surface area contributed by atoms with E-state index in [9.17, 15) is 4.79 Å². The lowest BCUT2D eigenvalue weighted by atomic mass is 10.1. The van der Waals surface area contributed by atoms with E-state index in [1.54, 1.807) is 0 Å². The molecular formula is C13H9NO2. The Balaban J connectivity index is 2.50. The molecule has 1 aliphatic rings. The quantitative estimate of drug-likeness (QED) is 0.762. The largest absolute Gasteiger partial charge is 0.477 e. The Labute approximate surface area is 91.7 Å². The minimum Gasteiger partial charge on any atom is -0.477 e. The summed E-state index contributed by atoms with van der Waals surface area (Å²) in [6.45, 7) is 0. The van der Waals surface area contributed by atoms with Crippen LogP contribution in [0.3, 0.4) is 0 Å². The second-order valence-corrected chi connectivity index (χ2v) is 3.71. The number of carbonyl (C=O) groups is 1. The summed E-state index contributed by atoms with van der Waals surface area (Å²) in [5.74, 6) is -0.927. The lowest BCUT2D eigenvalue weighted by Gasteiger charge is -1.96. The van der Waals surface area contributed by atoms with E-state index in [4.69, 9.17) is 5.11 Å². The predicted molar refractivity (Wildman–Crippen MR) is 63.3 cm³/mol. The van der Waals surface area contributed by atoms with Gasteiger partial charge >= 0.3 is 5.97 Å². The van der Waals surface area contributed by atoms with Crippen molar-refractivity contribution in [1.29, 1.82) is 0 Å². The van der Waals surface area contributed by atoms with Crippen molar-refractivity contribution in [2.75, 3.05) is 0 Å². The van der Waals surface area contributed by atoms with Gasteiger partial charge in [0.2, 0.25) is 0 Å². The summed E-state index contributed by atoms with van der Waals surface area (Å²) < 4.78 is 0. The number of aromatic amines is 1. The molecule has 0 unspecified atom stereocenters. The summed E-state index contributed by atoms with van der Waals surface area (Å²) in [5.41, 5.74) is 2.91. The topological polar surface area (TPSA) is 53.1 Å². The van der Waals surface area contributed by atoms with Crippen molar-refractivity contribution in [2.45, 2.75) is 0 Å². The van der Waals surface area contributed by atoms with Gasteiger partial charge < -0.3 is 10.1 Å². The number of allylic oxidation sites excluding steroid dienone is 2. The first kappa shape index (κ1) is 8.97. The van der Waals surface area contributed by atoms with Gasteiger partial charge in [0.15, 0.2) is 0 Å². The number of rotatable bonds is 1. The van der Waals surface area contributed by atoms with Gasteiger partial charge in [0.25, 0.3) is 0 Å². The summed E-state index contributed by atoms with van der Waals surface area (Å²) in [6, 6.07) is 5.79. The van der Waals surface area contributed by atoms with Gasteiger partial charge in [-0.25, -0.2) is 4.79 Å². The van der Waals surface area contributed by atoms with Crippen molar-refractivity contribution < 1.29 is 9.90 Å². The zero-order valence-corrected chi connectivity index (χ0v) is 8.40. The summed E-state index contributed by atoms with van der Waals surface area (Å²) in [6.07, 6.45) is 7.58. The second-order valence-electron chi connectivity index (χ2n) is 3.71. The number of H-pyrrole nitrogens is 1. The maximum Gasteiger partial charge on any atom is 0.352 e. The van der Waals surface area contributed by atoms with Gasteiger partial charge in [0.1, 0.15) is 5.69 Å². The molecule has 0 spiro atoms. The van der Waals surface area contributed by atoms with E-state index in [1.807, 2.05) is 42.5 Å². The standard InChI is InChI=1S/C13H9NO2/c15-13(16)12-9-6-2-1-4-8-5-3-7-10(14-12)11(8)9/h1-7,14H,(H,15,16). The summed E-state index contributed by atoms with van der Waals surface area (Å²) in [4.78, 5) is 14.1. The van der Waals surface area contributed by atoms with Crippen LogP contribution < -0.4 is 0 Å². The lowest BCUT2D eigenvalue weighted by Crippen LogP contribution is -1.98. The summed E-state index contributed by atoms with van der Waals surface area (Å²) in [5, 5.41) is 10.1. The minimum absolute atomic E-state index is 0.252. The maximum atomic E-state index is 11.1. The van der Waals surface area contributed by atoms with Gasteiger partial charge in [-0.2, -0.15) is 0 Å². The van der Waals surface area contributed by atoms with E-state index in [0.29, 0.717) is 0 Å². The van der Waals surface area contributed by atoms with E-state index >= 15 is 0 Å². The van der Waals surface area contributed by atoms with Gasteiger partial charge in [0, 0.05) is 16.5 Å². The van der Waals surface area contributed by atoms with Gasteiger partial charge in [-0.15, -0.1) is 0 Å². The first-order valence-corrected chi connectivity index (χ1v) is 5.00. The van der Waals surface area contributed by atoms with Gasteiger partial charge in [-0.3, -0.25) is 0 Å². The van der Waals surface area contributed by atoms with Crippen molar-refractivity contribution in [3.8, 4) is 0 Å². The molecule has 0 atom stereocenters. The third-order valence-electron chi connectivity index (χ3n) is 2.76. The number of benzene rings is 1. The van der Waals surface area contributed by atoms with Crippen molar-refractivity contribution in [1.82, 2.24) is 4.98 Å². The van der Waals surface area contributed by atoms with Crippen LogP contribution in [0.15, 0.2) is 30.4 Å². The Morgan fingerprint density at radius 2 is 2.00 bits per heavy atom. The zero-order valence-electron chi connectivity index (χ0n) is 8.40. The lowest BCUT2D eigenvalue weighted by molar-refractivity contribution is 0.0691. The SMILES string of the molecule is O=C(O)c1[nH]c2cccc3c2c1C=CC=C3. The van der Waals surface area contributed by atoms with Crippen LogP contribution in [-0.2, 0) is 0 Å². The molecule has 0 saturated heterocycles. The van der Waals surface area contributed by atoms with Gasteiger partial charge in [0.05, 0.1) is 0 Å². The van der Waals surface area contributed by atoms with Crippen molar-refractivity contribution in [2.24, 2.45) is 0 Å². The van der Waals surface area contributed by atoms with Crippen molar-refractivity contribution >= 4 is 29.0 Å². The molecule has 1 aromatic carbocycles. The number of nitrogens with one attached hydrogen (secondary N) is 1. The summed E-state index contributed by atoms with van der Waals surface area (Å²) >= 11 is 0. The van der Waals surface area contributed by atoms with Crippen LogP contribution in [0, 0.1) is 0 Å². The van der Waals surface area contributed by atoms with E-state index in [0.717, 1.165) is 22.0 Å². The number of carboxylic acids is 1. The van der Waals surface area contributed by atoms with E-state index in [2.05, 4.69) is 4.98 Å². The first-order chi connectivity index (χ1) is 7.77. The van der Waals surface area contributed by atoms with Crippen LogP contribution >= 0.6 is 0 Å². The molecule has 1 heterocycles. The maximum absolute atomic E-state index is 11.1. The number of hydrogen-bond acceptors (Lipinski definition) is 1. The fraction of sp³-hybridized carbons (Fsp3) is 0. The zero-order chi connectivity index (χ0) is 11.1. The Bertz CT molecular complexity index is 647. The monoisotopic (exact) mass is 211 g/mol. The van der Waals surface area contributed by atoms with Crippen molar-refractivity contribution in [3.63, 3.8) is 0 Å². The Morgan fingerprint density at radius 3 is 2.81 bits per heavy atom. The second kappa shape index (κ2) is 3.10. The van der Waals surface area contributed by atoms with Crippen LogP contribution in [0.25, 0.3) is 23.1 Å². The first-order valence-electron chi connectivity index (χ1n) is 5.00. The molecule has 78 valence electrons. The third-order valence-corrected chi connectivity index (χ3v) is 2.76. The molecule has 2 aromatic rings. The van der Waals surface area contributed by atoms with Crippen LogP contribution in [-0.4, -0.2) is 16.1 Å². The highest BCUT2D eigenvalue weighted by atomic mass is 16.4. The molecule has 1 aromatic heterocycles. The smallest absolute Gasteiger partial charge is 0.352 e. The molecule has 2 N–H and O–H groups in total. The van der Waals surface area contributed by atoms with E-state index in [1.165, 1.54) is 0 Å². The van der Waals surface area contributed by atoms with Gasteiger partial charge in [-0.05, 0) is 11.6 Å². The average molecular weight is 211 g/mol. The van der Waals surface area contributed by atoms with E-state index < -0.39 is 5.97 Å². The molecule has 0 fully saturated rings. The molecular weight excluding hydrogens is 202 g/mol. The number of aromatic carboxylic acids is 1. The van der Waals surface area contributed by atoms with Crippen LogP contribution in [0.2, 0.25) is 0 Å². The number of aromatic nitrogens is 1. The Hall–Kier alpha value is -2.29. The molecule has 3 heteroatoms. The molecule has 0 radical (unpaired) electrons. The fourth-order valence-electron chi connectivity index (χ4n) is 2.09. The fourth-order valence-corrected chi connectivity index (χ4v) is 2.09. The molecule has 0 amide bonds. The molecule has 0 saturated carbocycles. The molecule has 0 bridgehead atoms. The number of carboxylic acid groups (broad SMARTS) is 1. The van der Waals surface area contributed by atoms with Crippen LogP contribution in [0.5, 0.6) is 0 Å². The predicted octanol–water partition coefficient (Wildman–Crippen LogP) is 2.91. The molecule has 16 heavy (non-hydrogen) atoms. The molecule has 0 aliphatic heterocycles. The molecule has 3 nitrogen and oxygen atoms in total. The molecule has 3 rings (SSSR count). The Morgan fingerprint density at radius 1 is 1.19 bits per heavy atom. The van der Waals surface area contributed by atoms with Crippen LogP contribution in [0.4, 0.5) is 0 Å². The highest BCUT2D eigenvalue weighted by Crippen LogP contribution is 2.29. The van der Waals surface area contributed by atoms with E-state index in [-0.39, 0.29) is 5.69 Å².